The Bertz CT molecular complexity index is 869. The molecular formula is C19H25N5OS. The number of carbonyl (C=O) groups excluding carboxylic acids is 1. The topological polar surface area (TPSA) is 54.3 Å². The average Bonchev–Trinajstić information content (AvgIpc) is 3.26. The van der Waals surface area contributed by atoms with E-state index in [1.807, 2.05) is 35.0 Å². The third-order valence-corrected chi connectivity index (χ3v) is 5.01. The van der Waals surface area contributed by atoms with Crippen molar-refractivity contribution >= 4 is 28.4 Å². The number of fused-ring (bicyclic) bond motifs is 1. The summed E-state index contributed by atoms with van der Waals surface area (Å²) in [6.45, 7) is 6.26. The molecule has 0 radical (unpaired) electrons. The molecule has 3 heterocycles. The Kier molecular flexibility index (Phi) is 5.68. The van der Waals surface area contributed by atoms with Crippen LogP contribution in [0, 0.1) is 0 Å². The van der Waals surface area contributed by atoms with E-state index in [0.29, 0.717) is 18.7 Å². The molecule has 7 heteroatoms. The van der Waals surface area contributed by atoms with E-state index in [-0.39, 0.29) is 11.9 Å². The lowest BCUT2D eigenvalue weighted by Gasteiger charge is -2.24. The van der Waals surface area contributed by atoms with Crippen molar-refractivity contribution in [3.05, 3.63) is 46.5 Å². The highest BCUT2D eigenvalue weighted by atomic mass is 32.1. The lowest BCUT2D eigenvalue weighted by molar-refractivity contribution is 0.0732. The minimum absolute atomic E-state index is 0.00783. The minimum atomic E-state index is -0.00783. The van der Waals surface area contributed by atoms with Crippen LogP contribution in [0.15, 0.2) is 35.4 Å². The van der Waals surface area contributed by atoms with Gasteiger partial charge in [0.2, 0.25) is 0 Å². The summed E-state index contributed by atoms with van der Waals surface area (Å²) in [5.74, 6) is -0.00783. The number of thiophene rings is 1. The second-order valence-corrected chi connectivity index (χ2v) is 7.75. The Hall–Kier alpha value is -2.25. The van der Waals surface area contributed by atoms with Gasteiger partial charge in [-0.3, -0.25) is 4.79 Å². The van der Waals surface area contributed by atoms with E-state index in [0.717, 1.165) is 23.3 Å². The van der Waals surface area contributed by atoms with Gasteiger partial charge in [-0.15, -0.1) is 0 Å². The van der Waals surface area contributed by atoms with Gasteiger partial charge in [0.15, 0.2) is 5.65 Å². The van der Waals surface area contributed by atoms with Crippen LogP contribution in [0.25, 0.3) is 11.2 Å². The van der Waals surface area contributed by atoms with E-state index in [4.69, 9.17) is 0 Å². The van der Waals surface area contributed by atoms with Crippen LogP contribution in [0.2, 0.25) is 0 Å². The molecule has 0 saturated heterocycles. The molecule has 3 aromatic rings. The van der Waals surface area contributed by atoms with Crippen LogP contribution < -0.4 is 0 Å². The molecule has 3 rings (SSSR count). The number of hydrogen-bond donors (Lipinski definition) is 0. The summed E-state index contributed by atoms with van der Waals surface area (Å²) in [7, 11) is 4.03. The van der Waals surface area contributed by atoms with Crippen molar-refractivity contribution in [3.63, 3.8) is 0 Å². The van der Waals surface area contributed by atoms with Gasteiger partial charge in [0.25, 0.3) is 5.91 Å². The number of carbonyl (C=O) groups is 1. The van der Waals surface area contributed by atoms with Gasteiger partial charge < -0.3 is 14.4 Å². The van der Waals surface area contributed by atoms with E-state index in [1.165, 1.54) is 0 Å². The van der Waals surface area contributed by atoms with Crippen molar-refractivity contribution in [2.24, 2.45) is 0 Å². The Morgan fingerprint density at radius 2 is 2.08 bits per heavy atom. The zero-order valence-electron chi connectivity index (χ0n) is 15.7. The zero-order valence-corrected chi connectivity index (χ0v) is 16.5. The molecule has 0 spiro atoms. The summed E-state index contributed by atoms with van der Waals surface area (Å²) >= 11 is 1.65. The summed E-state index contributed by atoms with van der Waals surface area (Å²) in [4.78, 5) is 26.0. The Labute approximate surface area is 158 Å². The molecule has 0 bridgehead atoms. The molecule has 0 aliphatic rings. The summed E-state index contributed by atoms with van der Waals surface area (Å²) in [5.41, 5.74) is 3.31. The summed E-state index contributed by atoms with van der Waals surface area (Å²) in [5, 5.41) is 4.12. The van der Waals surface area contributed by atoms with Gasteiger partial charge in [0, 0.05) is 31.9 Å². The number of likely N-dealkylation sites (N-methyl/N-ethyl adjacent to an activating group) is 1. The normalized spacial score (nSPS) is 11.6. The number of imidazole rings is 1. The second kappa shape index (κ2) is 7.97. The SMILES string of the molecule is CC(C)n1cnc2cc(C(=O)N(CCN(C)C)Cc3ccsc3)cnc21. The summed E-state index contributed by atoms with van der Waals surface area (Å²) in [6, 6.07) is 4.19. The molecule has 0 aliphatic heterocycles. The van der Waals surface area contributed by atoms with Crippen molar-refractivity contribution in [1.82, 2.24) is 24.3 Å². The lowest BCUT2D eigenvalue weighted by Crippen LogP contribution is -2.36. The Balaban J connectivity index is 1.86. The highest BCUT2D eigenvalue weighted by Gasteiger charge is 2.19. The van der Waals surface area contributed by atoms with Gasteiger partial charge >= 0.3 is 0 Å². The van der Waals surface area contributed by atoms with Crippen LogP contribution in [-0.4, -0.2) is 57.4 Å². The number of nitrogens with zero attached hydrogens (tertiary/aromatic N) is 5. The van der Waals surface area contributed by atoms with Crippen molar-refractivity contribution in [3.8, 4) is 0 Å². The van der Waals surface area contributed by atoms with Crippen LogP contribution in [0.3, 0.4) is 0 Å². The fourth-order valence-corrected chi connectivity index (χ4v) is 3.43. The Morgan fingerprint density at radius 3 is 2.73 bits per heavy atom. The van der Waals surface area contributed by atoms with E-state index in [9.17, 15) is 4.79 Å². The maximum absolute atomic E-state index is 13.1. The van der Waals surface area contributed by atoms with Crippen LogP contribution in [0.4, 0.5) is 0 Å². The van der Waals surface area contributed by atoms with Crippen molar-refractivity contribution in [2.75, 3.05) is 27.2 Å². The molecule has 26 heavy (non-hydrogen) atoms. The first-order chi connectivity index (χ1) is 12.5. The monoisotopic (exact) mass is 371 g/mol. The predicted molar refractivity (Wildman–Crippen MR) is 106 cm³/mol. The van der Waals surface area contributed by atoms with Crippen molar-refractivity contribution in [2.45, 2.75) is 26.4 Å². The van der Waals surface area contributed by atoms with E-state index in [1.54, 1.807) is 23.9 Å². The second-order valence-electron chi connectivity index (χ2n) is 6.97. The number of pyridine rings is 1. The highest BCUT2D eigenvalue weighted by molar-refractivity contribution is 7.07. The molecule has 0 atom stereocenters. The zero-order chi connectivity index (χ0) is 18.7. The van der Waals surface area contributed by atoms with Gasteiger partial charge in [0.05, 0.1) is 11.9 Å². The first kappa shape index (κ1) is 18.5. The van der Waals surface area contributed by atoms with Crippen LogP contribution >= 0.6 is 11.3 Å². The quantitative estimate of drug-likeness (QED) is 0.640. The van der Waals surface area contributed by atoms with Crippen LogP contribution in [0.5, 0.6) is 0 Å². The Morgan fingerprint density at radius 1 is 1.27 bits per heavy atom. The number of hydrogen-bond acceptors (Lipinski definition) is 5. The smallest absolute Gasteiger partial charge is 0.255 e. The molecule has 3 aromatic heterocycles. The minimum Gasteiger partial charge on any atom is -0.333 e. The third kappa shape index (κ3) is 4.11. The fourth-order valence-electron chi connectivity index (χ4n) is 2.77. The van der Waals surface area contributed by atoms with E-state index < -0.39 is 0 Å². The van der Waals surface area contributed by atoms with Gasteiger partial charge in [-0.1, -0.05) is 0 Å². The fraction of sp³-hybridized carbons (Fsp3) is 0.421. The third-order valence-electron chi connectivity index (χ3n) is 4.27. The first-order valence-corrected chi connectivity index (χ1v) is 9.67. The average molecular weight is 372 g/mol. The lowest BCUT2D eigenvalue weighted by atomic mass is 10.2. The molecule has 0 N–H and O–H groups in total. The maximum Gasteiger partial charge on any atom is 0.255 e. The molecule has 138 valence electrons. The molecule has 0 saturated carbocycles. The van der Waals surface area contributed by atoms with Gasteiger partial charge in [-0.05, 0) is 56.4 Å². The molecule has 6 nitrogen and oxygen atoms in total. The molecule has 0 aliphatic carbocycles. The largest absolute Gasteiger partial charge is 0.333 e. The molecule has 0 fully saturated rings. The van der Waals surface area contributed by atoms with Crippen molar-refractivity contribution in [1.29, 1.82) is 0 Å². The van der Waals surface area contributed by atoms with E-state index in [2.05, 4.69) is 40.2 Å². The van der Waals surface area contributed by atoms with Gasteiger partial charge in [0.1, 0.15) is 5.52 Å². The number of aromatic nitrogens is 3. The first-order valence-electron chi connectivity index (χ1n) is 8.73. The molecule has 1 amide bonds. The van der Waals surface area contributed by atoms with Crippen LogP contribution in [-0.2, 0) is 6.54 Å². The molecular weight excluding hydrogens is 346 g/mol. The standard InChI is InChI=1S/C19H25N5OS/c1-14(2)24-13-21-17-9-16(10-20-18(17)24)19(25)23(7-6-22(3)4)11-15-5-8-26-12-15/h5,8-10,12-14H,6-7,11H2,1-4H3. The number of amides is 1. The predicted octanol–water partition coefficient (Wildman–Crippen LogP) is 3.28. The van der Waals surface area contributed by atoms with Crippen molar-refractivity contribution < 1.29 is 4.79 Å². The van der Waals surface area contributed by atoms with Gasteiger partial charge in [-0.25, -0.2) is 9.97 Å². The highest BCUT2D eigenvalue weighted by Crippen LogP contribution is 2.18. The summed E-state index contributed by atoms with van der Waals surface area (Å²) in [6.07, 6.45) is 3.45. The molecule has 0 unspecified atom stereocenters. The molecule has 0 aromatic carbocycles. The number of rotatable bonds is 7. The van der Waals surface area contributed by atoms with E-state index >= 15 is 0 Å². The van der Waals surface area contributed by atoms with Crippen LogP contribution in [0.1, 0.15) is 35.8 Å². The summed E-state index contributed by atoms with van der Waals surface area (Å²) < 4.78 is 2.01. The van der Waals surface area contributed by atoms with Gasteiger partial charge in [-0.2, -0.15) is 11.3 Å². The maximum atomic E-state index is 13.1.